The van der Waals surface area contributed by atoms with E-state index in [1.54, 1.807) is 30.3 Å². The van der Waals surface area contributed by atoms with Crippen molar-refractivity contribution < 1.29 is 39.2 Å². The maximum Gasteiger partial charge on any atom is 0.303 e. The lowest BCUT2D eigenvalue weighted by Crippen LogP contribution is -2.05. The first kappa shape index (κ1) is 30.4. The normalized spacial score (nSPS) is 10.1. The number of benzene rings is 3. The maximum absolute atomic E-state index is 11.9. The topological polar surface area (TPSA) is 195 Å². The van der Waals surface area contributed by atoms with Crippen molar-refractivity contribution in [1.29, 1.82) is 0 Å². The number of ketones is 2. The molecule has 0 bridgehead atoms. The molecule has 3 aromatic rings. The number of hydrogen-bond acceptors (Lipinski definition) is 8. The second kappa shape index (κ2) is 14.2. The second-order valence-electron chi connectivity index (χ2n) is 7.91. The summed E-state index contributed by atoms with van der Waals surface area (Å²) in [6.07, 6.45) is -0.943. The molecule has 0 radical (unpaired) electrons. The fourth-order valence-electron chi connectivity index (χ4n) is 3.27. The third-order valence-corrected chi connectivity index (χ3v) is 5.87. The number of nitro groups is 2. The monoisotopic (exact) mass is 600 g/mol. The predicted octanol–water partition coefficient (Wildman–Crippen LogP) is 5.71. The van der Waals surface area contributed by atoms with Crippen LogP contribution in [0.25, 0.3) is 11.1 Å². The van der Waals surface area contributed by atoms with Gasteiger partial charge in [0.05, 0.1) is 32.7 Å². The van der Waals surface area contributed by atoms with Crippen molar-refractivity contribution >= 4 is 50.8 Å². The number of carbonyl (C=O) groups is 4. The highest BCUT2D eigenvalue weighted by molar-refractivity contribution is 9.10. The summed E-state index contributed by atoms with van der Waals surface area (Å²) in [4.78, 5) is 64.9. The number of carbonyl (C=O) groups excluding carboxylic acids is 2. The lowest BCUT2D eigenvalue weighted by molar-refractivity contribution is -0.385. The summed E-state index contributed by atoms with van der Waals surface area (Å²) in [6.45, 7) is 0. The molecule has 39 heavy (non-hydrogen) atoms. The van der Waals surface area contributed by atoms with E-state index < -0.39 is 33.4 Å². The highest BCUT2D eigenvalue weighted by Crippen LogP contribution is 2.31. The molecule has 0 aliphatic carbocycles. The standard InChI is InChI=1S/C16H13NO5.C10H8BrNO5/c18-15(8-9-16(19)20)12-6-7-13(14(10-12)17(21)22)11-4-2-1-3-5-11;11-7-2-1-6(5-8(7)12(16)17)9(13)3-4-10(14)15/h1-7,10H,8-9H2,(H,19,20);1-2,5H,3-4H2,(H,14,15). The smallest absolute Gasteiger partial charge is 0.303 e. The number of hydrogen-bond donors (Lipinski definition) is 2. The molecule has 0 aliphatic heterocycles. The lowest BCUT2D eigenvalue weighted by atomic mass is 9.99. The number of aliphatic carboxylic acids is 2. The van der Waals surface area contributed by atoms with E-state index in [2.05, 4.69) is 15.9 Å². The Hall–Kier alpha value is -4.78. The Morgan fingerprint density at radius 1 is 0.667 bits per heavy atom. The van der Waals surface area contributed by atoms with E-state index in [-0.39, 0.29) is 52.7 Å². The molecule has 0 unspecified atom stereocenters. The predicted molar refractivity (Wildman–Crippen MR) is 142 cm³/mol. The number of Topliss-reactive ketones (excluding diaryl/α,β-unsaturated/α-hetero) is 2. The summed E-state index contributed by atoms with van der Waals surface area (Å²) in [5.41, 5.74) is 0.992. The van der Waals surface area contributed by atoms with Crippen LogP contribution >= 0.6 is 15.9 Å². The molecule has 13 heteroatoms. The molecule has 3 aromatic carbocycles. The van der Waals surface area contributed by atoms with Crippen molar-refractivity contribution in [3.05, 3.63) is 103 Å². The summed E-state index contributed by atoms with van der Waals surface area (Å²) >= 11 is 3.00. The van der Waals surface area contributed by atoms with Gasteiger partial charge >= 0.3 is 11.9 Å². The van der Waals surface area contributed by atoms with E-state index >= 15 is 0 Å². The van der Waals surface area contributed by atoms with Crippen LogP contribution in [-0.2, 0) is 9.59 Å². The first-order chi connectivity index (χ1) is 18.4. The summed E-state index contributed by atoms with van der Waals surface area (Å²) in [5.74, 6) is -3.01. The summed E-state index contributed by atoms with van der Waals surface area (Å²) in [5, 5.41) is 38.9. The fraction of sp³-hybridized carbons (Fsp3) is 0.154. The Bertz CT molecular complexity index is 1420. The van der Waals surface area contributed by atoms with Gasteiger partial charge in [0.15, 0.2) is 11.6 Å². The number of nitrogens with zero attached hydrogens (tertiary/aromatic N) is 2. The van der Waals surface area contributed by atoms with Crippen LogP contribution < -0.4 is 0 Å². The van der Waals surface area contributed by atoms with Gasteiger partial charge < -0.3 is 10.2 Å². The summed E-state index contributed by atoms with van der Waals surface area (Å²) in [6, 6.07) is 17.0. The van der Waals surface area contributed by atoms with E-state index in [9.17, 15) is 39.4 Å². The molecule has 0 aromatic heterocycles. The molecule has 0 aliphatic rings. The second-order valence-corrected chi connectivity index (χ2v) is 8.77. The summed E-state index contributed by atoms with van der Waals surface area (Å²) in [7, 11) is 0. The highest BCUT2D eigenvalue weighted by Gasteiger charge is 2.19. The largest absolute Gasteiger partial charge is 0.481 e. The molecule has 3 rings (SSSR count). The van der Waals surface area contributed by atoms with Crippen LogP contribution in [0, 0.1) is 20.2 Å². The molecular weight excluding hydrogens is 580 g/mol. The van der Waals surface area contributed by atoms with Crippen LogP contribution in [0.15, 0.2) is 71.2 Å². The Morgan fingerprint density at radius 2 is 1.13 bits per heavy atom. The summed E-state index contributed by atoms with van der Waals surface area (Å²) < 4.78 is 0.275. The van der Waals surface area contributed by atoms with Crippen LogP contribution in [0.1, 0.15) is 46.4 Å². The van der Waals surface area contributed by atoms with E-state index in [0.29, 0.717) is 11.1 Å². The highest BCUT2D eigenvalue weighted by atomic mass is 79.9. The maximum atomic E-state index is 11.9. The first-order valence-corrected chi connectivity index (χ1v) is 12.0. The minimum atomic E-state index is -1.08. The Kier molecular flexibility index (Phi) is 11.1. The van der Waals surface area contributed by atoms with Gasteiger partial charge in [0.25, 0.3) is 11.4 Å². The Morgan fingerprint density at radius 3 is 1.59 bits per heavy atom. The average molecular weight is 601 g/mol. The zero-order chi connectivity index (χ0) is 29.1. The van der Waals surface area contributed by atoms with Crippen molar-refractivity contribution in [1.82, 2.24) is 0 Å². The van der Waals surface area contributed by atoms with E-state index in [0.717, 1.165) is 6.07 Å². The molecule has 0 spiro atoms. The van der Waals surface area contributed by atoms with Crippen molar-refractivity contribution in [3.63, 3.8) is 0 Å². The quantitative estimate of drug-likeness (QED) is 0.156. The van der Waals surface area contributed by atoms with Crippen molar-refractivity contribution in [2.45, 2.75) is 25.7 Å². The van der Waals surface area contributed by atoms with Crippen LogP contribution in [0.4, 0.5) is 11.4 Å². The molecule has 0 saturated heterocycles. The molecule has 202 valence electrons. The van der Waals surface area contributed by atoms with Gasteiger partial charge in [-0.25, -0.2) is 0 Å². The zero-order valence-electron chi connectivity index (χ0n) is 20.1. The van der Waals surface area contributed by atoms with Crippen molar-refractivity contribution in [2.75, 3.05) is 0 Å². The van der Waals surface area contributed by atoms with Gasteiger partial charge in [0.1, 0.15) is 0 Å². The minimum Gasteiger partial charge on any atom is -0.481 e. The van der Waals surface area contributed by atoms with Gasteiger partial charge in [-0.3, -0.25) is 39.4 Å². The zero-order valence-corrected chi connectivity index (χ0v) is 21.7. The molecule has 0 saturated carbocycles. The molecular formula is C26H21BrN2O10. The average Bonchev–Trinajstić information content (AvgIpc) is 2.90. The number of nitro benzene ring substituents is 2. The number of carboxylic acids is 2. The lowest BCUT2D eigenvalue weighted by Gasteiger charge is -2.05. The van der Waals surface area contributed by atoms with Gasteiger partial charge in [-0.2, -0.15) is 0 Å². The number of rotatable bonds is 11. The first-order valence-electron chi connectivity index (χ1n) is 11.2. The van der Waals surface area contributed by atoms with Crippen LogP contribution in [0.5, 0.6) is 0 Å². The molecule has 0 atom stereocenters. The Balaban J connectivity index is 0.000000283. The van der Waals surface area contributed by atoms with Crippen molar-refractivity contribution in [3.8, 4) is 11.1 Å². The third-order valence-electron chi connectivity index (χ3n) is 5.20. The minimum absolute atomic E-state index is 0.140. The van der Waals surface area contributed by atoms with E-state index in [4.69, 9.17) is 10.2 Å². The van der Waals surface area contributed by atoms with Crippen molar-refractivity contribution in [2.24, 2.45) is 0 Å². The van der Waals surface area contributed by atoms with Gasteiger partial charge in [0, 0.05) is 36.1 Å². The van der Waals surface area contributed by atoms with Gasteiger partial charge in [0.2, 0.25) is 0 Å². The van der Waals surface area contributed by atoms with Crippen LogP contribution in [-0.4, -0.2) is 43.6 Å². The molecule has 0 fully saturated rings. The van der Waals surface area contributed by atoms with Crippen LogP contribution in [0.2, 0.25) is 0 Å². The van der Waals surface area contributed by atoms with Gasteiger partial charge in [-0.15, -0.1) is 0 Å². The van der Waals surface area contributed by atoms with Gasteiger partial charge in [-0.05, 0) is 39.7 Å². The van der Waals surface area contributed by atoms with Gasteiger partial charge in [-0.1, -0.05) is 36.4 Å². The van der Waals surface area contributed by atoms with E-state index in [1.165, 1.54) is 30.3 Å². The van der Waals surface area contributed by atoms with E-state index in [1.807, 2.05) is 0 Å². The number of halogens is 1. The third kappa shape index (κ3) is 9.23. The molecule has 2 N–H and O–H groups in total. The molecule has 12 nitrogen and oxygen atoms in total. The fourth-order valence-corrected chi connectivity index (χ4v) is 3.66. The molecule has 0 heterocycles. The Labute approximate surface area is 229 Å². The van der Waals surface area contributed by atoms with Crippen LogP contribution in [0.3, 0.4) is 0 Å². The molecule has 0 amide bonds. The SMILES string of the molecule is O=C(O)CCC(=O)c1ccc(-c2ccccc2)c([N+](=O)[O-])c1.O=C(O)CCC(=O)c1ccc(Br)c([N+](=O)[O-])c1. The number of carboxylic acid groups (broad SMARTS) is 2.